The lowest BCUT2D eigenvalue weighted by Gasteiger charge is -2.63. The second kappa shape index (κ2) is 2.30. The molecule has 0 aromatic heterocycles. The molecule has 0 radical (unpaired) electrons. The Morgan fingerprint density at radius 2 is 1.50 bits per heavy atom. The highest BCUT2D eigenvalue weighted by Crippen LogP contribution is 2.60. The van der Waals surface area contributed by atoms with Crippen molar-refractivity contribution in [2.45, 2.75) is 56.6 Å². The van der Waals surface area contributed by atoms with Gasteiger partial charge in [0.25, 0.3) is 5.92 Å². The zero-order chi connectivity index (χ0) is 10.8. The third-order valence-electron chi connectivity index (χ3n) is 3.62. The first-order valence-electron chi connectivity index (χ1n) is 4.97. The van der Waals surface area contributed by atoms with E-state index in [0.717, 1.165) is 0 Å². The van der Waals surface area contributed by atoms with Gasteiger partial charge < -0.3 is 10.8 Å². The van der Waals surface area contributed by atoms with Crippen LogP contribution in [0, 0.1) is 5.41 Å². The molecule has 0 aromatic carbocycles. The molecule has 0 heterocycles. The fourth-order valence-electron chi connectivity index (χ4n) is 3.08. The second-order valence-corrected chi connectivity index (χ2v) is 5.91. The van der Waals surface area contributed by atoms with Crippen molar-refractivity contribution >= 4 is 0 Å². The minimum atomic E-state index is -2.66. The predicted octanol–water partition coefficient (Wildman–Crippen LogP) is 1.66. The molecule has 3 N–H and O–H groups in total. The first-order chi connectivity index (χ1) is 6.08. The summed E-state index contributed by atoms with van der Waals surface area (Å²) in [6.45, 7) is 4.03. The van der Waals surface area contributed by atoms with Gasteiger partial charge in [-0.2, -0.15) is 0 Å². The fourth-order valence-corrected chi connectivity index (χ4v) is 3.08. The molecule has 0 aromatic rings. The lowest BCUT2D eigenvalue weighted by Crippen LogP contribution is -2.75. The van der Waals surface area contributed by atoms with Gasteiger partial charge in [-0.3, -0.25) is 0 Å². The summed E-state index contributed by atoms with van der Waals surface area (Å²) < 4.78 is 25.5. The quantitative estimate of drug-likeness (QED) is 0.684. The number of hydrogen-bond acceptors (Lipinski definition) is 2. The summed E-state index contributed by atoms with van der Waals surface area (Å²) in [7, 11) is 0. The molecular weight excluding hydrogens is 188 g/mol. The van der Waals surface area contributed by atoms with Crippen LogP contribution < -0.4 is 5.73 Å². The fraction of sp³-hybridized carbons (Fsp3) is 1.00. The molecule has 0 aliphatic heterocycles. The number of aliphatic hydroxyl groups is 1. The second-order valence-electron chi connectivity index (χ2n) is 5.91. The summed E-state index contributed by atoms with van der Waals surface area (Å²) in [5, 5.41) is 10.1. The molecule has 2 aliphatic rings. The van der Waals surface area contributed by atoms with Gasteiger partial charge >= 0.3 is 0 Å². The van der Waals surface area contributed by atoms with Gasteiger partial charge in [0, 0.05) is 12.8 Å². The molecule has 0 atom stereocenters. The van der Waals surface area contributed by atoms with E-state index >= 15 is 0 Å². The van der Waals surface area contributed by atoms with Crippen LogP contribution in [0.3, 0.4) is 0 Å². The van der Waals surface area contributed by atoms with Crippen molar-refractivity contribution in [3.63, 3.8) is 0 Å². The molecule has 2 aliphatic carbocycles. The zero-order valence-corrected chi connectivity index (χ0v) is 8.61. The topological polar surface area (TPSA) is 46.2 Å². The standard InChI is InChI=1S/C10H17F2NO/c1-7(2)3-9(14,4-7)8(13)5-10(11,12)6-8/h14H,3-6,13H2,1-2H3. The number of rotatable bonds is 1. The highest BCUT2D eigenvalue weighted by molar-refractivity contribution is 5.20. The Balaban J connectivity index is 2.05. The molecule has 0 spiro atoms. The Hall–Kier alpha value is -0.220. The number of nitrogens with two attached hydrogens (primary N) is 1. The highest BCUT2D eigenvalue weighted by Gasteiger charge is 2.68. The molecule has 2 nitrogen and oxygen atoms in total. The van der Waals surface area contributed by atoms with E-state index in [1.807, 2.05) is 13.8 Å². The van der Waals surface area contributed by atoms with Crippen molar-refractivity contribution in [1.29, 1.82) is 0 Å². The summed E-state index contributed by atoms with van der Waals surface area (Å²) in [6.07, 6.45) is 0.332. The van der Waals surface area contributed by atoms with Gasteiger partial charge in [0.15, 0.2) is 0 Å². The van der Waals surface area contributed by atoms with Crippen LogP contribution in [0.15, 0.2) is 0 Å². The molecule has 2 rings (SSSR count). The Morgan fingerprint density at radius 1 is 1.07 bits per heavy atom. The van der Waals surface area contributed by atoms with Gasteiger partial charge in [-0.05, 0) is 18.3 Å². The van der Waals surface area contributed by atoms with E-state index < -0.39 is 17.1 Å². The lowest BCUT2D eigenvalue weighted by atomic mass is 9.49. The van der Waals surface area contributed by atoms with Gasteiger partial charge in [0.1, 0.15) is 0 Å². The zero-order valence-electron chi connectivity index (χ0n) is 8.61. The van der Waals surface area contributed by atoms with Crippen molar-refractivity contribution in [1.82, 2.24) is 0 Å². The highest BCUT2D eigenvalue weighted by atomic mass is 19.3. The van der Waals surface area contributed by atoms with Crippen molar-refractivity contribution in [3.8, 4) is 0 Å². The predicted molar refractivity (Wildman–Crippen MR) is 49.1 cm³/mol. The SMILES string of the molecule is CC1(C)CC(O)(C2(N)CC(F)(F)C2)C1. The van der Waals surface area contributed by atoms with Crippen LogP contribution in [0.5, 0.6) is 0 Å². The maximum Gasteiger partial charge on any atom is 0.251 e. The number of alkyl halides is 2. The van der Waals surface area contributed by atoms with E-state index in [-0.39, 0.29) is 18.3 Å². The van der Waals surface area contributed by atoms with Gasteiger partial charge in [-0.25, -0.2) is 8.78 Å². The summed E-state index contributed by atoms with van der Waals surface area (Å²) in [5.74, 6) is -2.66. The summed E-state index contributed by atoms with van der Waals surface area (Å²) in [6, 6.07) is 0. The Labute approximate surface area is 82.5 Å². The van der Waals surface area contributed by atoms with Crippen LogP contribution in [-0.2, 0) is 0 Å². The van der Waals surface area contributed by atoms with Crippen LogP contribution in [0.25, 0.3) is 0 Å². The molecule has 0 unspecified atom stereocenters. The lowest BCUT2D eigenvalue weighted by molar-refractivity contribution is -0.241. The molecule has 0 bridgehead atoms. The van der Waals surface area contributed by atoms with Crippen LogP contribution >= 0.6 is 0 Å². The molecule has 14 heavy (non-hydrogen) atoms. The monoisotopic (exact) mass is 205 g/mol. The van der Waals surface area contributed by atoms with Crippen LogP contribution in [0.4, 0.5) is 8.78 Å². The van der Waals surface area contributed by atoms with E-state index in [4.69, 9.17) is 5.73 Å². The van der Waals surface area contributed by atoms with E-state index in [9.17, 15) is 13.9 Å². The number of hydrogen-bond donors (Lipinski definition) is 2. The largest absolute Gasteiger partial charge is 0.388 e. The Morgan fingerprint density at radius 3 is 1.79 bits per heavy atom. The minimum absolute atomic E-state index is 0.0476. The van der Waals surface area contributed by atoms with Crippen LogP contribution in [-0.4, -0.2) is 22.2 Å². The van der Waals surface area contributed by atoms with Gasteiger partial charge in [0.05, 0.1) is 11.1 Å². The summed E-state index contributed by atoms with van der Waals surface area (Å²) >= 11 is 0. The van der Waals surface area contributed by atoms with Crippen molar-refractivity contribution in [2.24, 2.45) is 11.1 Å². The minimum Gasteiger partial charge on any atom is -0.388 e. The maximum atomic E-state index is 12.7. The third kappa shape index (κ3) is 1.27. The first kappa shape index (κ1) is 10.3. The number of halogens is 2. The van der Waals surface area contributed by atoms with Crippen molar-refractivity contribution in [3.05, 3.63) is 0 Å². The molecule has 4 heteroatoms. The maximum absolute atomic E-state index is 12.7. The van der Waals surface area contributed by atoms with E-state index in [0.29, 0.717) is 12.8 Å². The molecular formula is C10H17F2NO. The molecule has 2 saturated carbocycles. The summed E-state index contributed by atoms with van der Waals surface area (Å²) in [4.78, 5) is 0. The van der Waals surface area contributed by atoms with Crippen molar-refractivity contribution in [2.75, 3.05) is 0 Å². The van der Waals surface area contributed by atoms with Crippen LogP contribution in [0.1, 0.15) is 39.5 Å². The van der Waals surface area contributed by atoms with Gasteiger partial charge in [-0.15, -0.1) is 0 Å². The third-order valence-corrected chi connectivity index (χ3v) is 3.62. The Kier molecular flexibility index (Phi) is 1.69. The molecule has 0 amide bonds. The van der Waals surface area contributed by atoms with Gasteiger partial charge in [-0.1, -0.05) is 13.8 Å². The average Bonchev–Trinajstić information content (AvgIpc) is 1.76. The Bertz CT molecular complexity index is 231. The smallest absolute Gasteiger partial charge is 0.251 e. The first-order valence-corrected chi connectivity index (χ1v) is 4.97. The molecule has 82 valence electrons. The average molecular weight is 205 g/mol. The van der Waals surface area contributed by atoms with E-state index in [2.05, 4.69) is 0 Å². The van der Waals surface area contributed by atoms with Crippen molar-refractivity contribution < 1.29 is 13.9 Å². The van der Waals surface area contributed by atoms with Crippen LogP contribution in [0.2, 0.25) is 0 Å². The van der Waals surface area contributed by atoms with E-state index in [1.54, 1.807) is 0 Å². The normalized spacial score (nSPS) is 35.6. The molecule has 0 saturated heterocycles. The van der Waals surface area contributed by atoms with E-state index in [1.165, 1.54) is 0 Å². The summed E-state index contributed by atoms with van der Waals surface area (Å²) in [5.41, 5.74) is 3.75. The van der Waals surface area contributed by atoms with Gasteiger partial charge in [0.2, 0.25) is 0 Å². The molecule has 2 fully saturated rings.